The van der Waals surface area contributed by atoms with Gasteiger partial charge in [-0.2, -0.15) is 9.97 Å². The predicted octanol–water partition coefficient (Wildman–Crippen LogP) is 5.02. The van der Waals surface area contributed by atoms with E-state index in [0.717, 1.165) is 59.5 Å². The molecule has 182 valence electrons. The smallest absolute Gasteiger partial charge is 0.227 e. The maximum atomic E-state index is 4.86. The summed E-state index contributed by atoms with van der Waals surface area (Å²) in [4.78, 5) is 19.0. The molecule has 8 nitrogen and oxygen atoms in total. The Labute approximate surface area is 206 Å². The van der Waals surface area contributed by atoms with Crippen molar-refractivity contribution in [3.05, 3.63) is 60.6 Å². The number of nitrogens with one attached hydrogen (secondary N) is 3. The van der Waals surface area contributed by atoms with Crippen LogP contribution in [0.4, 0.5) is 11.8 Å². The lowest BCUT2D eigenvalue weighted by Gasteiger charge is -2.28. The van der Waals surface area contributed by atoms with Crippen LogP contribution in [-0.4, -0.2) is 43.6 Å². The molecule has 1 aliphatic rings. The van der Waals surface area contributed by atoms with Gasteiger partial charge in [-0.05, 0) is 58.2 Å². The average Bonchev–Trinajstić information content (AvgIpc) is 3.33. The molecule has 5 rings (SSSR count). The van der Waals surface area contributed by atoms with Gasteiger partial charge in [-0.25, -0.2) is 4.98 Å². The van der Waals surface area contributed by atoms with Gasteiger partial charge in [-0.15, -0.1) is 0 Å². The van der Waals surface area contributed by atoms with Crippen LogP contribution >= 0.6 is 0 Å². The monoisotopic (exact) mass is 470 g/mol. The van der Waals surface area contributed by atoms with Gasteiger partial charge in [-0.3, -0.25) is 4.98 Å². The first kappa shape index (κ1) is 23.2. The van der Waals surface area contributed by atoms with Gasteiger partial charge in [0.1, 0.15) is 0 Å². The zero-order chi connectivity index (χ0) is 24.2. The van der Waals surface area contributed by atoms with Crippen LogP contribution in [0.2, 0.25) is 0 Å². The highest BCUT2D eigenvalue weighted by Gasteiger charge is 2.22. The average molecular weight is 471 g/mol. The molecule has 3 aromatic heterocycles. The largest absolute Gasteiger partial charge is 0.364 e. The standard InChI is InChI=1S/C27H34N8/c1-18(2)35-17-31-24-25(30-16-19-9-14-23(29-15-19)20-7-5-4-6-8-20)33-27(34-26(24)35)32-22-12-10-21(28-3)11-13-22/h4-9,14-15,17-18,21-22,28H,10-13,16H2,1-3H3,(H2,30,32,33,34). The van der Waals surface area contributed by atoms with Crippen LogP contribution < -0.4 is 16.0 Å². The van der Waals surface area contributed by atoms with E-state index in [-0.39, 0.29) is 6.04 Å². The van der Waals surface area contributed by atoms with Crippen LogP contribution in [0.25, 0.3) is 22.4 Å². The third kappa shape index (κ3) is 5.27. The molecule has 8 heteroatoms. The second kappa shape index (κ2) is 10.4. The van der Waals surface area contributed by atoms with Gasteiger partial charge in [0, 0.05) is 36.4 Å². The van der Waals surface area contributed by atoms with Gasteiger partial charge in [0.25, 0.3) is 0 Å². The molecular formula is C27H34N8. The highest BCUT2D eigenvalue weighted by Crippen LogP contribution is 2.26. The molecule has 0 radical (unpaired) electrons. The number of aromatic nitrogens is 5. The van der Waals surface area contributed by atoms with Crippen LogP contribution in [0.1, 0.15) is 51.1 Å². The number of imidazole rings is 1. The summed E-state index contributed by atoms with van der Waals surface area (Å²) in [7, 11) is 2.05. The first-order chi connectivity index (χ1) is 17.1. The highest BCUT2D eigenvalue weighted by atomic mass is 15.2. The Bertz CT molecular complexity index is 1240. The maximum Gasteiger partial charge on any atom is 0.227 e. The van der Waals surface area contributed by atoms with Gasteiger partial charge in [-0.1, -0.05) is 36.4 Å². The van der Waals surface area contributed by atoms with Crippen molar-refractivity contribution in [3.63, 3.8) is 0 Å². The third-order valence-electron chi connectivity index (χ3n) is 6.80. The van der Waals surface area contributed by atoms with Crippen molar-refractivity contribution in [1.82, 2.24) is 29.8 Å². The van der Waals surface area contributed by atoms with Gasteiger partial charge >= 0.3 is 0 Å². The molecule has 1 aliphatic carbocycles. The highest BCUT2D eigenvalue weighted by molar-refractivity contribution is 5.84. The zero-order valence-electron chi connectivity index (χ0n) is 20.7. The SMILES string of the molecule is CNC1CCC(Nc2nc(NCc3ccc(-c4ccccc4)nc3)c3ncn(C(C)C)c3n2)CC1. The summed E-state index contributed by atoms with van der Waals surface area (Å²) < 4.78 is 2.10. The summed E-state index contributed by atoms with van der Waals surface area (Å²) in [5.74, 6) is 1.40. The van der Waals surface area contributed by atoms with Crippen molar-refractivity contribution >= 4 is 22.9 Å². The summed E-state index contributed by atoms with van der Waals surface area (Å²) in [6, 6.07) is 15.6. The normalized spacial score (nSPS) is 18.2. The molecule has 0 atom stereocenters. The van der Waals surface area contributed by atoms with Crippen LogP contribution in [0.5, 0.6) is 0 Å². The van der Waals surface area contributed by atoms with Crippen molar-refractivity contribution in [3.8, 4) is 11.3 Å². The Kier molecular flexibility index (Phi) is 6.90. The lowest BCUT2D eigenvalue weighted by atomic mass is 9.91. The van der Waals surface area contributed by atoms with E-state index in [0.29, 0.717) is 24.6 Å². The van der Waals surface area contributed by atoms with Crippen molar-refractivity contribution in [2.45, 2.75) is 64.2 Å². The summed E-state index contributed by atoms with van der Waals surface area (Å²) in [5, 5.41) is 10.5. The third-order valence-corrected chi connectivity index (χ3v) is 6.80. The number of hydrogen-bond donors (Lipinski definition) is 3. The molecular weight excluding hydrogens is 436 g/mol. The number of rotatable bonds is 8. The van der Waals surface area contributed by atoms with Gasteiger partial charge in [0.2, 0.25) is 5.95 Å². The first-order valence-electron chi connectivity index (χ1n) is 12.5. The van der Waals surface area contributed by atoms with E-state index in [2.05, 4.69) is 68.6 Å². The number of anilines is 2. The predicted molar refractivity (Wildman–Crippen MR) is 141 cm³/mol. The van der Waals surface area contributed by atoms with E-state index in [4.69, 9.17) is 9.97 Å². The summed E-state index contributed by atoms with van der Waals surface area (Å²) in [6.45, 7) is 4.89. The molecule has 1 aromatic carbocycles. The fourth-order valence-corrected chi connectivity index (χ4v) is 4.69. The minimum absolute atomic E-state index is 0.261. The Morgan fingerprint density at radius 3 is 2.40 bits per heavy atom. The maximum absolute atomic E-state index is 4.86. The quantitative estimate of drug-likeness (QED) is 0.333. The van der Waals surface area contributed by atoms with Crippen LogP contribution in [0, 0.1) is 0 Å². The number of pyridine rings is 1. The molecule has 1 fully saturated rings. The number of nitrogens with zero attached hydrogens (tertiary/aromatic N) is 5. The summed E-state index contributed by atoms with van der Waals surface area (Å²) >= 11 is 0. The van der Waals surface area contributed by atoms with Crippen molar-refractivity contribution in [2.24, 2.45) is 0 Å². The molecule has 35 heavy (non-hydrogen) atoms. The van der Waals surface area contributed by atoms with Crippen molar-refractivity contribution < 1.29 is 0 Å². The van der Waals surface area contributed by atoms with Crippen LogP contribution in [0.3, 0.4) is 0 Å². The minimum atomic E-state index is 0.261. The lowest BCUT2D eigenvalue weighted by Crippen LogP contribution is -2.35. The van der Waals surface area contributed by atoms with Gasteiger partial charge in [0.05, 0.1) is 12.0 Å². The topological polar surface area (TPSA) is 92.6 Å². The second-order valence-corrected chi connectivity index (χ2v) is 9.57. The van der Waals surface area contributed by atoms with E-state index in [1.54, 1.807) is 0 Å². The number of hydrogen-bond acceptors (Lipinski definition) is 7. The minimum Gasteiger partial charge on any atom is -0.364 e. The molecule has 0 spiro atoms. The molecule has 0 amide bonds. The Morgan fingerprint density at radius 1 is 0.943 bits per heavy atom. The first-order valence-corrected chi connectivity index (χ1v) is 12.5. The van der Waals surface area contributed by atoms with E-state index in [1.165, 1.54) is 0 Å². The van der Waals surface area contributed by atoms with Crippen molar-refractivity contribution in [1.29, 1.82) is 0 Å². The second-order valence-electron chi connectivity index (χ2n) is 9.57. The Hall–Kier alpha value is -3.52. The number of benzene rings is 1. The molecule has 0 bridgehead atoms. The van der Waals surface area contributed by atoms with E-state index < -0.39 is 0 Å². The van der Waals surface area contributed by atoms with E-state index in [1.807, 2.05) is 37.8 Å². The fourth-order valence-electron chi connectivity index (χ4n) is 4.69. The summed E-state index contributed by atoms with van der Waals surface area (Å²) in [6.07, 6.45) is 8.32. The summed E-state index contributed by atoms with van der Waals surface area (Å²) in [5.41, 5.74) is 4.80. The molecule has 0 saturated heterocycles. The van der Waals surface area contributed by atoms with Crippen molar-refractivity contribution in [2.75, 3.05) is 17.7 Å². The lowest BCUT2D eigenvalue weighted by molar-refractivity contribution is 0.370. The fraction of sp³-hybridized carbons (Fsp3) is 0.407. The molecule has 3 heterocycles. The molecule has 4 aromatic rings. The Balaban J connectivity index is 1.35. The van der Waals surface area contributed by atoms with Gasteiger partial charge in [0.15, 0.2) is 17.0 Å². The molecule has 1 saturated carbocycles. The number of fused-ring (bicyclic) bond motifs is 1. The molecule has 0 aliphatic heterocycles. The van der Waals surface area contributed by atoms with Gasteiger partial charge < -0.3 is 20.5 Å². The van der Waals surface area contributed by atoms with E-state index >= 15 is 0 Å². The zero-order valence-corrected chi connectivity index (χ0v) is 20.7. The molecule has 0 unspecified atom stereocenters. The Morgan fingerprint density at radius 2 is 1.71 bits per heavy atom. The molecule has 3 N–H and O–H groups in total. The van der Waals surface area contributed by atoms with Crippen LogP contribution in [-0.2, 0) is 6.54 Å². The van der Waals surface area contributed by atoms with Crippen LogP contribution in [0.15, 0.2) is 55.0 Å². The van der Waals surface area contributed by atoms with E-state index in [9.17, 15) is 0 Å².